The Balaban J connectivity index is 2.19. The molecule has 0 amide bonds. The summed E-state index contributed by atoms with van der Waals surface area (Å²) in [6.45, 7) is 8.69. The molecule has 0 spiro atoms. The van der Waals surface area contributed by atoms with Crippen LogP contribution in [0.25, 0.3) is 10.9 Å². The van der Waals surface area contributed by atoms with Crippen molar-refractivity contribution in [2.24, 2.45) is 16.1 Å². The molecule has 2 aromatic rings. The predicted molar refractivity (Wildman–Crippen MR) is 86.0 cm³/mol. The third-order valence-corrected chi connectivity index (χ3v) is 3.19. The number of aryl methyl sites for hydroxylation is 1. The molecule has 2 rings (SSSR count). The molecule has 0 fully saturated rings. The number of aliphatic imine (C=N–C) groups is 1. The maximum Gasteiger partial charge on any atom is 0.109 e. The zero-order valence-corrected chi connectivity index (χ0v) is 12.6. The van der Waals surface area contributed by atoms with Crippen LogP contribution in [0.15, 0.2) is 35.5 Å². The van der Waals surface area contributed by atoms with Gasteiger partial charge >= 0.3 is 0 Å². The fourth-order valence-electron chi connectivity index (χ4n) is 1.86. The summed E-state index contributed by atoms with van der Waals surface area (Å²) in [5.41, 5.74) is 9.07. The van der Waals surface area contributed by atoms with E-state index < -0.39 is 0 Å². The van der Waals surface area contributed by atoms with E-state index >= 15 is 0 Å². The van der Waals surface area contributed by atoms with Gasteiger partial charge in [0, 0.05) is 22.7 Å². The molecule has 4 nitrogen and oxygen atoms in total. The van der Waals surface area contributed by atoms with Crippen molar-refractivity contribution in [2.75, 3.05) is 12.0 Å². The molecule has 4 heteroatoms. The minimum atomic E-state index is -0.0981. The van der Waals surface area contributed by atoms with Gasteiger partial charge in [0.25, 0.3) is 0 Å². The summed E-state index contributed by atoms with van der Waals surface area (Å²) in [5, 5.41) is 4.40. The van der Waals surface area contributed by atoms with E-state index in [0.717, 1.165) is 16.6 Å². The molecule has 0 aliphatic heterocycles. The Morgan fingerprint density at radius 3 is 2.75 bits per heavy atom. The Morgan fingerprint density at radius 1 is 1.30 bits per heavy atom. The monoisotopic (exact) mass is 270 g/mol. The van der Waals surface area contributed by atoms with Crippen LogP contribution in [0.5, 0.6) is 0 Å². The number of pyridine rings is 1. The Labute approximate surface area is 120 Å². The van der Waals surface area contributed by atoms with E-state index in [0.29, 0.717) is 12.5 Å². The van der Waals surface area contributed by atoms with Gasteiger partial charge in [0.05, 0.1) is 5.52 Å². The summed E-state index contributed by atoms with van der Waals surface area (Å²) >= 11 is 0. The molecule has 0 aliphatic rings. The lowest BCUT2D eigenvalue weighted by Gasteiger charge is -2.17. The summed E-state index contributed by atoms with van der Waals surface area (Å²) < 4.78 is 0. The van der Waals surface area contributed by atoms with Crippen molar-refractivity contribution in [2.45, 2.75) is 27.7 Å². The van der Waals surface area contributed by atoms with Crippen LogP contribution in [0.4, 0.5) is 5.69 Å². The number of fused-ring (bicyclic) bond motifs is 1. The van der Waals surface area contributed by atoms with Crippen LogP contribution < -0.4 is 11.1 Å². The normalized spacial score (nSPS) is 12.7. The minimum absolute atomic E-state index is 0.0981. The van der Waals surface area contributed by atoms with Crippen LogP contribution in [-0.2, 0) is 0 Å². The van der Waals surface area contributed by atoms with Gasteiger partial charge < -0.3 is 11.1 Å². The smallest absolute Gasteiger partial charge is 0.109 e. The van der Waals surface area contributed by atoms with Crippen molar-refractivity contribution >= 4 is 22.4 Å². The molecule has 106 valence electrons. The fraction of sp³-hybridized carbons (Fsp3) is 0.375. The molecule has 0 saturated heterocycles. The molecule has 0 bridgehead atoms. The SMILES string of the molecule is Cc1ccc2c(NC/N=C(\N)C(C)(C)C)ccnc2c1. The molecule has 0 atom stereocenters. The Kier molecular flexibility index (Phi) is 3.93. The zero-order chi connectivity index (χ0) is 14.8. The largest absolute Gasteiger partial charge is 0.387 e. The molecule has 0 radical (unpaired) electrons. The van der Waals surface area contributed by atoms with Gasteiger partial charge in [-0.3, -0.25) is 9.98 Å². The summed E-state index contributed by atoms with van der Waals surface area (Å²) in [5.74, 6) is 0.652. The minimum Gasteiger partial charge on any atom is -0.387 e. The topological polar surface area (TPSA) is 63.3 Å². The van der Waals surface area contributed by atoms with Crippen molar-refractivity contribution in [3.05, 3.63) is 36.0 Å². The van der Waals surface area contributed by atoms with Gasteiger partial charge in [0.15, 0.2) is 0 Å². The second-order valence-electron chi connectivity index (χ2n) is 6.01. The van der Waals surface area contributed by atoms with E-state index in [-0.39, 0.29) is 5.41 Å². The Bertz CT molecular complexity index is 638. The highest BCUT2D eigenvalue weighted by molar-refractivity contribution is 5.91. The van der Waals surface area contributed by atoms with Gasteiger partial charge in [0.1, 0.15) is 12.5 Å². The number of anilines is 1. The number of benzene rings is 1. The summed E-state index contributed by atoms with van der Waals surface area (Å²) in [6, 6.07) is 8.20. The molecule has 1 heterocycles. The average molecular weight is 270 g/mol. The first-order valence-electron chi connectivity index (χ1n) is 6.77. The van der Waals surface area contributed by atoms with Crippen molar-refractivity contribution in [3.8, 4) is 0 Å². The number of nitrogens with zero attached hydrogens (tertiary/aromatic N) is 2. The molecule has 0 unspecified atom stereocenters. The van der Waals surface area contributed by atoms with Crippen molar-refractivity contribution < 1.29 is 0 Å². The molecule has 20 heavy (non-hydrogen) atoms. The number of nitrogens with one attached hydrogen (secondary N) is 1. The maximum atomic E-state index is 5.95. The fourth-order valence-corrected chi connectivity index (χ4v) is 1.86. The van der Waals surface area contributed by atoms with Crippen LogP contribution >= 0.6 is 0 Å². The van der Waals surface area contributed by atoms with Crippen LogP contribution in [0, 0.1) is 12.3 Å². The number of amidine groups is 1. The highest BCUT2D eigenvalue weighted by Crippen LogP contribution is 2.22. The summed E-state index contributed by atoms with van der Waals surface area (Å²) in [6.07, 6.45) is 1.81. The molecular formula is C16H22N4. The lowest BCUT2D eigenvalue weighted by Crippen LogP contribution is -2.29. The third-order valence-electron chi connectivity index (χ3n) is 3.19. The van der Waals surface area contributed by atoms with Crippen molar-refractivity contribution in [1.29, 1.82) is 0 Å². The predicted octanol–water partition coefficient (Wildman–Crippen LogP) is 3.32. The van der Waals surface area contributed by atoms with Gasteiger partial charge in [-0.15, -0.1) is 0 Å². The molecule has 1 aromatic heterocycles. The first-order valence-corrected chi connectivity index (χ1v) is 6.77. The molecule has 0 saturated carbocycles. The van der Waals surface area contributed by atoms with E-state index in [4.69, 9.17) is 5.73 Å². The maximum absolute atomic E-state index is 5.95. The quantitative estimate of drug-likeness (QED) is 0.664. The highest BCUT2D eigenvalue weighted by atomic mass is 15.0. The average Bonchev–Trinajstić information content (AvgIpc) is 2.37. The second-order valence-corrected chi connectivity index (χ2v) is 6.01. The first kappa shape index (κ1) is 14.3. The van der Waals surface area contributed by atoms with E-state index in [1.165, 1.54) is 5.56 Å². The van der Waals surface area contributed by atoms with Crippen LogP contribution in [0.2, 0.25) is 0 Å². The third kappa shape index (κ3) is 3.26. The van der Waals surface area contributed by atoms with E-state index in [1.54, 1.807) is 6.20 Å². The number of hydrogen-bond donors (Lipinski definition) is 2. The van der Waals surface area contributed by atoms with Gasteiger partial charge in [-0.05, 0) is 24.6 Å². The molecule has 3 N–H and O–H groups in total. The van der Waals surface area contributed by atoms with Gasteiger partial charge in [-0.2, -0.15) is 0 Å². The Morgan fingerprint density at radius 2 is 2.05 bits per heavy atom. The van der Waals surface area contributed by atoms with Crippen LogP contribution in [0.3, 0.4) is 0 Å². The number of hydrogen-bond acceptors (Lipinski definition) is 3. The summed E-state index contributed by atoms with van der Waals surface area (Å²) in [7, 11) is 0. The van der Waals surface area contributed by atoms with Gasteiger partial charge in [0.2, 0.25) is 0 Å². The van der Waals surface area contributed by atoms with E-state index in [9.17, 15) is 0 Å². The molecule has 1 aromatic carbocycles. The lowest BCUT2D eigenvalue weighted by atomic mass is 9.95. The van der Waals surface area contributed by atoms with Crippen LogP contribution in [0.1, 0.15) is 26.3 Å². The molecular weight excluding hydrogens is 248 g/mol. The lowest BCUT2D eigenvalue weighted by molar-refractivity contribution is 0.582. The molecule has 0 aliphatic carbocycles. The van der Waals surface area contributed by atoms with Gasteiger partial charge in [-0.25, -0.2) is 0 Å². The summed E-state index contributed by atoms with van der Waals surface area (Å²) in [4.78, 5) is 8.76. The van der Waals surface area contributed by atoms with Crippen molar-refractivity contribution in [1.82, 2.24) is 4.98 Å². The van der Waals surface area contributed by atoms with E-state index in [2.05, 4.69) is 61.2 Å². The highest BCUT2D eigenvalue weighted by Gasteiger charge is 2.14. The number of aromatic nitrogens is 1. The van der Waals surface area contributed by atoms with Crippen LogP contribution in [-0.4, -0.2) is 17.5 Å². The van der Waals surface area contributed by atoms with Crippen molar-refractivity contribution in [3.63, 3.8) is 0 Å². The second kappa shape index (κ2) is 5.49. The number of rotatable bonds is 3. The van der Waals surface area contributed by atoms with Gasteiger partial charge in [-0.1, -0.05) is 32.9 Å². The van der Waals surface area contributed by atoms with E-state index in [1.807, 2.05) is 6.07 Å². The zero-order valence-electron chi connectivity index (χ0n) is 12.6. The standard InChI is InChI=1S/C16H22N4/c1-11-5-6-12-13(7-8-18-14(12)9-11)19-10-20-15(17)16(2,3)4/h5-9H,10H2,1-4H3,(H2,17,20)(H,18,19). The Hall–Kier alpha value is -2.10. The first-order chi connectivity index (χ1) is 9.38. The number of nitrogens with two attached hydrogens (primary N) is 1.